The number of anilines is 2. The average molecular weight is 459 g/mol. The van der Waals surface area contributed by atoms with Crippen molar-refractivity contribution >= 4 is 35.3 Å². The molecule has 0 atom stereocenters. The van der Waals surface area contributed by atoms with E-state index in [-0.39, 0.29) is 12.5 Å². The lowest BCUT2D eigenvalue weighted by Gasteiger charge is -2.09. The summed E-state index contributed by atoms with van der Waals surface area (Å²) in [5.74, 6) is -1.45. The average Bonchev–Trinajstić information content (AvgIpc) is 2.82. The van der Waals surface area contributed by atoms with Crippen LogP contribution in [0, 0.1) is 20.8 Å². The molecule has 0 aliphatic heterocycles. The number of aryl methyl sites for hydroxylation is 3. The van der Waals surface area contributed by atoms with Gasteiger partial charge in [0.15, 0.2) is 6.61 Å². The Kier molecular flexibility index (Phi) is 8.12. The fourth-order valence-electron chi connectivity index (χ4n) is 2.92. The summed E-state index contributed by atoms with van der Waals surface area (Å²) in [6.07, 6.45) is 1.40. The molecule has 0 unspecified atom stereocenters. The van der Waals surface area contributed by atoms with Crippen LogP contribution >= 0.6 is 0 Å². The van der Waals surface area contributed by atoms with Gasteiger partial charge in [-0.05, 0) is 85.5 Å². The van der Waals surface area contributed by atoms with Crippen LogP contribution in [-0.4, -0.2) is 30.5 Å². The number of carbonyl (C=O) groups is 3. The number of hydrogen-bond donors (Lipinski definition) is 3. The molecule has 0 fully saturated rings. The van der Waals surface area contributed by atoms with Crippen molar-refractivity contribution in [3.63, 3.8) is 0 Å². The quantitative estimate of drug-likeness (QED) is 0.285. The molecule has 0 spiro atoms. The molecule has 3 N–H and O–H groups in total. The predicted octanol–water partition coefficient (Wildman–Crippen LogP) is 3.72. The zero-order chi connectivity index (χ0) is 24.5. The van der Waals surface area contributed by atoms with Gasteiger partial charge in [-0.2, -0.15) is 5.10 Å². The third-order valence-corrected chi connectivity index (χ3v) is 5.02. The van der Waals surface area contributed by atoms with Gasteiger partial charge in [0.05, 0.1) is 6.21 Å². The minimum Gasteiger partial charge on any atom is -0.484 e. The standard InChI is InChI=1S/C26H26N4O4/c1-17-8-11-21(14-19(17)3)28-24(31)16-34-22-12-9-20(10-13-22)15-27-30-26(33)25(32)29-23-7-5-4-6-18(23)2/h4-15H,16H2,1-3H3,(H,28,31)(H,29,32)(H,30,33)/b27-15-. The molecule has 0 heterocycles. The van der Waals surface area contributed by atoms with E-state index in [9.17, 15) is 14.4 Å². The molecule has 8 heteroatoms. The fourth-order valence-corrected chi connectivity index (χ4v) is 2.92. The van der Waals surface area contributed by atoms with Gasteiger partial charge in [-0.15, -0.1) is 0 Å². The van der Waals surface area contributed by atoms with Crippen molar-refractivity contribution in [2.24, 2.45) is 5.10 Å². The van der Waals surface area contributed by atoms with Gasteiger partial charge < -0.3 is 15.4 Å². The topological polar surface area (TPSA) is 109 Å². The molecule has 8 nitrogen and oxygen atoms in total. The molecule has 0 radical (unpaired) electrons. The summed E-state index contributed by atoms with van der Waals surface area (Å²) in [4.78, 5) is 36.0. The number of para-hydroxylation sites is 1. The van der Waals surface area contributed by atoms with E-state index in [1.54, 1.807) is 36.4 Å². The van der Waals surface area contributed by atoms with Crippen molar-refractivity contribution in [3.8, 4) is 5.75 Å². The maximum atomic E-state index is 12.1. The molecule has 0 saturated heterocycles. The first-order chi connectivity index (χ1) is 16.3. The molecular weight excluding hydrogens is 432 g/mol. The molecule has 0 aliphatic carbocycles. The first kappa shape index (κ1) is 24.2. The van der Waals surface area contributed by atoms with Crippen molar-refractivity contribution in [1.29, 1.82) is 0 Å². The highest BCUT2D eigenvalue weighted by Gasteiger charge is 2.13. The molecule has 0 saturated carbocycles. The number of benzene rings is 3. The fraction of sp³-hybridized carbons (Fsp3) is 0.154. The molecule has 0 aliphatic rings. The second kappa shape index (κ2) is 11.4. The van der Waals surface area contributed by atoms with Crippen molar-refractivity contribution in [3.05, 3.63) is 89.0 Å². The lowest BCUT2D eigenvalue weighted by molar-refractivity contribution is -0.136. The zero-order valence-electron chi connectivity index (χ0n) is 19.2. The number of nitrogens with zero attached hydrogens (tertiary/aromatic N) is 1. The van der Waals surface area contributed by atoms with Gasteiger partial charge in [0.2, 0.25) is 0 Å². The van der Waals surface area contributed by atoms with Crippen molar-refractivity contribution in [2.75, 3.05) is 17.2 Å². The minimum absolute atomic E-state index is 0.133. The number of hydrogen-bond acceptors (Lipinski definition) is 5. The Bertz CT molecular complexity index is 1220. The molecule has 34 heavy (non-hydrogen) atoms. The van der Waals surface area contributed by atoms with Gasteiger partial charge in [0.25, 0.3) is 5.91 Å². The predicted molar refractivity (Wildman–Crippen MR) is 132 cm³/mol. The molecule has 3 aromatic rings. The molecular formula is C26H26N4O4. The summed E-state index contributed by atoms with van der Waals surface area (Å²) in [7, 11) is 0. The van der Waals surface area contributed by atoms with Crippen LogP contribution in [0.15, 0.2) is 71.8 Å². The van der Waals surface area contributed by atoms with Crippen LogP contribution in [0.4, 0.5) is 11.4 Å². The SMILES string of the molecule is Cc1ccc(NC(=O)COc2ccc(/C=N\NC(=O)C(=O)Nc3ccccc3C)cc2)cc1C. The number of ether oxygens (including phenoxy) is 1. The second-order valence-electron chi connectivity index (χ2n) is 7.67. The Labute approximate surface area is 198 Å². The van der Waals surface area contributed by atoms with E-state index in [0.717, 1.165) is 22.4 Å². The Morgan fingerprint density at radius 2 is 1.56 bits per heavy atom. The lowest BCUT2D eigenvalue weighted by Crippen LogP contribution is -2.32. The summed E-state index contributed by atoms with van der Waals surface area (Å²) >= 11 is 0. The number of amides is 3. The first-order valence-electron chi connectivity index (χ1n) is 10.6. The normalized spacial score (nSPS) is 10.6. The van der Waals surface area contributed by atoms with Gasteiger partial charge in [-0.1, -0.05) is 24.3 Å². The maximum absolute atomic E-state index is 12.1. The monoisotopic (exact) mass is 458 g/mol. The summed E-state index contributed by atoms with van der Waals surface area (Å²) in [5, 5.41) is 9.14. The highest BCUT2D eigenvalue weighted by molar-refractivity contribution is 6.39. The van der Waals surface area contributed by atoms with Gasteiger partial charge >= 0.3 is 11.8 Å². The summed E-state index contributed by atoms with van der Waals surface area (Å²) in [5.41, 5.74) is 7.24. The summed E-state index contributed by atoms with van der Waals surface area (Å²) < 4.78 is 5.51. The lowest BCUT2D eigenvalue weighted by atomic mass is 10.1. The van der Waals surface area contributed by atoms with Crippen LogP contribution in [-0.2, 0) is 14.4 Å². The summed E-state index contributed by atoms with van der Waals surface area (Å²) in [6, 6.07) is 19.6. The molecule has 3 amide bonds. The van der Waals surface area contributed by atoms with Crippen LogP contribution in [0.5, 0.6) is 5.75 Å². The zero-order valence-corrected chi connectivity index (χ0v) is 19.2. The number of rotatable bonds is 7. The van der Waals surface area contributed by atoms with E-state index >= 15 is 0 Å². The Morgan fingerprint density at radius 1 is 0.824 bits per heavy atom. The Balaban J connectivity index is 1.44. The van der Waals surface area contributed by atoms with E-state index in [0.29, 0.717) is 17.0 Å². The van der Waals surface area contributed by atoms with E-state index in [1.165, 1.54) is 6.21 Å². The Hall–Kier alpha value is -4.46. The summed E-state index contributed by atoms with van der Waals surface area (Å²) in [6.45, 7) is 5.69. The largest absolute Gasteiger partial charge is 0.484 e. The highest BCUT2D eigenvalue weighted by atomic mass is 16.5. The van der Waals surface area contributed by atoms with E-state index in [1.807, 2.05) is 51.1 Å². The van der Waals surface area contributed by atoms with Crippen LogP contribution in [0.1, 0.15) is 22.3 Å². The van der Waals surface area contributed by atoms with Gasteiger partial charge in [0.1, 0.15) is 5.75 Å². The minimum atomic E-state index is -0.880. The van der Waals surface area contributed by atoms with E-state index in [4.69, 9.17) is 4.74 Å². The van der Waals surface area contributed by atoms with E-state index < -0.39 is 11.8 Å². The molecule has 0 bridgehead atoms. The van der Waals surface area contributed by atoms with Crippen LogP contribution in [0.25, 0.3) is 0 Å². The van der Waals surface area contributed by atoms with Crippen molar-refractivity contribution in [2.45, 2.75) is 20.8 Å². The van der Waals surface area contributed by atoms with Crippen molar-refractivity contribution < 1.29 is 19.1 Å². The first-order valence-corrected chi connectivity index (χ1v) is 10.6. The second-order valence-corrected chi connectivity index (χ2v) is 7.67. The van der Waals surface area contributed by atoms with Gasteiger partial charge in [0, 0.05) is 11.4 Å². The molecule has 0 aromatic heterocycles. The number of carbonyl (C=O) groups excluding carboxylic acids is 3. The third kappa shape index (κ3) is 7.03. The van der Waals surface area contributed by atoms with Crippen molar-refractivity contribution in [1.82, 2.24) is 5.43 Å². The smallest absolute Gasteiger partial charge is 0.329 e. The number of hydrazone groups is 1. The van der Waals surface area contributed by atoms with E-state index in [2.05, 4.69) is 21.2 Å². The molecule has 3 rings (SSSR count). The molecule has 174 valence electrons. The number of nitrogens with one attached hydrogen (secondary N) is 3. The highest BCUT2D eigenvalue weighted by Crippen LogP contribution is 2.15. The van der Waals surface area contributed by atoms with Gasteiger partial charge in [-0.3, -0.25) is 14.4 Å². The molecule has 3 aromatic carbocycles. The third-order valence-electron chi connectivity index (χ3n) is 5.02. The Morgan fingerprint density at radius 3 is 2.26 bits per heavy atom. The van der Waals surface area contributed by atoms with Gasteiger partial charge in [-0.25, -0.2) is 5.43 Å². The van der Waals surface area contributed by atoms with Crippen LogP contribution in [0.2, 0.25) is 0 Å². The van der Waals surface area contributed by atoms with Crippen LogP contribution < -0.4 is 20.8 Å². The van der Waals surface area contributed by atoms with Crippen LogP contribution in [0.3, 0.4) is 0 Å². The maximum Gasteiger partial charge on any atom is 0.329 e.